The van der Waals surface area contributed by atoms with E-state index < -0.39 is 0 Å². The summed E-state index contributed by atoms with van der Waals surface area (Å²) in [6, 6.07) is 27.4. The summed E-state index contributed by atoms with van der Waals surface area (Å²) in [5.41, 5.74) is 9.74. The molecule has 0 bridgehead atoms. The first kappa shape index (κ1) is 26.8. The smallest absolute Gasteiger partial charge is 0.0626 e. The number of hydrogen-bond acceptors (Lipinski definition) is 2. The van der Waals surface area contributed by atoms with Gasteiger partial charge in [0, 0.05) is 48.4 Å². The molecular weight excluding hydrogens is 565 g/mol. The van der Waals surface area contributed by atoms with Crippen molar-refractivity contribution in [3.05, 3.63) is 154 Å². The Morgan fingerprint density at radius 1 is 0.844 bits per heavy atom. The SMILES string of the molecule is CC=CC1=C(C)N(C2=CC(n3c4ccccc4c4ccccc43)CC(C3=c4sc5ccccc5c4=CCC3)=C2)C2C=CC=CC12. The topological polar surface area (TPSA) is 8.17 Å². The Bertz CT molecular complexity index is 2290. The number of hydrogen-bond donors (Lipinski definition) is 0. The largest absolute Gasteiger partial charge is 0.337 e. The second-order valence-electron chi connectivity index (χ2n) is 12.7. The van der Waals surface area contributed by atoms with Gasteiger partial charge in [-0.15, -0.1) is 11.3 Å². The molecule has 3 aliphatic carbocycles. The molecular formula is C42H36N2S. The van der Waals surface area contributed by atoms with Crippen LogP contribution in [0.25, 0.3) is 43.5 Å². The van der Waals surface area contributed by atoms with E-state index in [1.54, 1.807) is 0 Å². The molecule has 3 unspecified atom stereocenters. The minimum Gasteiger partial charge on any atom is -0.337 e. The Kier molecular flexibility index (Phi) is 6.24. The third-order valence-electron chi connectivity index (χ3n) is 10.3. The minimum atomic E-state index is 0.196. The highest BCUT2D eigenvalue weighted by molar-refractivity contribution is 7.17. The van der Waals surface area contributed by atoms with Gasteiger partial charge in [0.15, 0.2) is 0 Å². The highest BCUT2D eigenvalue weighted by Gasteiger charge is 2.38. The molecule has 220 valence electrons. The first-order valence-electron chi connectivity index (χ1n) is 16.3. The highest BCUT2D eigenvalue weighted by atomic mass is 32.1. The number of aromatic nitrogens is 1. The van der Waals surface area contributed by atoms with Crippen molar-refractivity contribution in [1.29, 1.82) is 0 Å². The molecule has 4 aliphatic rings. The van der Waals surface area contributed by atoms with Gasteiger partial charge in [-0.3, -0.25) is 0 Å². The van der Waals surface area contributed by atoms with E-state index >= 15 is 0 Å². The summed E-state index contributed by atoms with van der Waals surface area (Å²) in [6.45, 7) is 4.45. The Labute approximate surface area is 268 Å². The monoisotopic (exact) mass is 600 g/mol. The molecule has 9 rings (SSSR count). The summed E-state index contributed by atoms with van der Waals surface area (Å²) >= 11 is 1.98. The first-order chi connectivity index (χ1) is 22.2. The van der Waals surface area contributed by atoms with Crippen molar-refractivity contribution in [2.45, 2.75) is 45.2 Å². The van der Waals surface area contributed by atoms with Crippen molar-refractivity contribution in [1.82, 2.24) is 9.47 Å². The van der Waals surface area contributed by atoms with Crippen molar-refractivity contribution in [2.24, 2.45) is 5.92 Å². The Balaban J connectivity index is 1.30. The molecule has 0 saturated heterocycles. The third-order valence-corrected chi connectivity index (χ3v) is 11.5. The van der Waals surface area contributed by atoms with Crippen LogP contribution in [0, 0.1) is 5.92 Å². The normalized spacial score (nSPS) is 22.8. The number of benzene rings is 3. The molecule has 5 aromatic rings. The summed E-state index contributed by atoms with van der Waals surface area (Å²) in [4.78, 5) is 2.63. The van der Waals surface area contributed by atoms with Gasteiger partial charge in [-0.25, -0.2) is 0 Å². The minimum absolute atomic E-state index is 0.196. The molecule has 1 aliphatic heterocycles. The second-order valence-corrected chi connectivity index (χ2v) is 13.7. The number of thiophene rings is 1. The van der Waals surface area contributed by atoms with Crippen LogP contribution in [0.3, 0.4) is 0 Å². The lowest BCUT2D eigenvalue weighted by molar-refractivity contribution is 0.368. The molecule has 0 saturated carbocycles. The number of para-hydroxylation sites is 2. The zero-order chi connectivity index (χ0) is 30.1. The summed E-state index contributed by atoms with van der Waals surface area (Å²) in [5, 5.41) is 5.50. The van der Waals surface area contributed by atoms with Gasteiger partial charge in [0.1, 0.15) is 0 Å². The fourth-order valence-corrected chi connectivity index (χ4v) is 9.70. The van der Waals surface area contributed by atoms with E-state index in [0.29, 0.717) is 5.92 Å². The van der Waals surface area contributed by atoms with Gasteiger partial charge in [-0.1, -0.05) is 97.1 Å². The standard InChI is InChI=1S/C42H36N2S/c1-3-13-31-27(2)43(38-20-8-4-14-33(31)38)29-24-28(32-18-12-19-37-36-17-7-11-23-41(36)45-42(32)37)25-30(26-29)44-39-21-9-5-15-34(39)35-16-6-10-22-40(35)44/h3-11,13-17,19-24,26,30,33,38H,12,18,25H2,1-2H3. The van der Waals surface area contributed by atoms with E-state index in [9.17, 15) is 0 Å². The summed E-state index contributed by atoms with van der Waals surface area (Å²) in [5.74, 6) is 0.365. The van der Waals surface area contributed by atoms with Gasteiger partial charge in [0.2, 0.25) is 0 Å². The predicted molar refractivity (Wildman–Crippen MR) is 192 cm³/mol. The van der Waals surface area contributed by atoms with Crippen molar-refractivity contribution in [3.8, 4) is 0 Å². The van der Waals surface area contributed by atoms with Crippen molar-refractivity contribution in [2.75, 3.05) is 0 Å². The van der Waals surface area contributed by atoms with Crippen LogP contribution < -0.4 is 9.75 Å². The van der Waals surface area contributed by atoms with Gasteiger partial charge < -0.3 is 9.47 Å². The van der Waals surface area contributed by atoms with E-state index in [-0.39, 0.29) is 12.1 Å². The van der Waals surface area contributed by atoms with E-state index in [4.69, 9.17) is 0 Å². The Morgan fingerprint density at radius 3 is 2.33 bits per heavy atom. The molecule has 0 fully saturated rings. The second kappa shape index (κ2) is 10.5. The van der Waals surface area contributed by atoms with Crippen LogP contribution in [-0.2, 0) is 0 Å². The van der Waals surface area contributed by atoms with Gasteiger partial charge >= 0.3 is 0 Å². The Hall–Kier alpha value is -4.60. The van der Waals surface area contributed by atoms with Crippen LogP contribution in [0.4, 0.5) is 0 Å². The van der Waals surface area contributed by atoms with Crippen molar-refractivity contribution < 1.29 is 0 Å². The van der Waals surface area contributed by atoms with Gasteiger partial charge in [-0.2, -0.15) is 0 Å². The lowest BCUT2D eigenvalue weighted by atomic mass is 9.87. The van der Waals surface area contributed by atoms with E-state index in [1.807, 2.05) is 11.3 Å². The number of fused-ring (bicyclic) bond motifs is 7. The average molecular weight is 601 g/mol. The summed E-state index contributed by atoms with van der Waals surface area (Å²) in [7, 11) is 0. The third kappa shape index (κ3) is 4.07. The fourth-order valence-electron chi connectivity index (χ4n) is 8.39. The molecule has 0 amide bonds. The maximum Gasteiger partial charge on any atom is 0.0626 e. The number of nitrogens with zero attached hydrogens (tertiary/aromatic N) is 2. The Morgan fingerprint density at radius 2 is 1.56 bits per heavy atom. The molecule has 2 aromatic heterocycles. The quantitative estimate of drug-likeness (QED) is 0.199. The molecule has 0 spiro atoms. The average Bonchev–Trinajstić information content (AvgIpc) is 3.72. The molecule has 3 aromatic carbocycles. The molecule has 3 heterocycles. The van der Waals surface area contributed by atoms with Crippen LogP contribution in [0.5, 0.6) is 0 Å². The van der Waals surface area contributed by atoms with Gasteiger partial charge in [0.05, 0.1) is 12.1 Å². The molecule has 2 nitrogen and oxygen atoms in total. The zero-order valence-electron chi connectivity index (χ0n) is 25.8. The maximum absolute atomic E-state index is 2.63. The fraction of sp³-hybridized carbons (Fsp3) is 0.190. The molecule has 0 N–H and O–H groups in total. The predicted octanol–water partition coefficient (Wildman–Crippen LogP) is 9.47. The van der Waals surface area contributed by atoms with E-state index in [2.05, 4.69) is 151 Å². The number of allylic oxidation sites excluding steroid dienone is 8. The highest BCUT2D eigenvalue weighted by Crippen LogP contribution is 2.45. The maximum atomic E-state index is 2.63. The van der Waals surface area contributed by atoms with Crippen molar-refractivity contribution in [3.63, 3.8) is 0 Å². The lowest BCUT2D eigenvalue weighted by Crippen LogP contribution is -2.33. The van der Waals surface area contributed by atoms with Crippen LogP contribution in [0.15, 0.2) is 144 Å². The summed E-state index contributed by atoms with van der Waals surface area (Å²) in [6.07, 6.45) is 24.5. The van der Waals surface area contributed by atoms with Gasteiger partial charge in [0.25, 0.3) is 0 Å². The van der Waals surface area contributed by atoms with Crippen LogP contribution >= 0.6 is 11.3 Å². The molecule has 45 heavy (non-hydrogen) atoms. The van der Waals surface area contributed by atoms with E-state index in [1.165, 1.54) is 69.8 Å². The molecule has 3 atom stereocenters. The van der Waals surface area contributed by atoms with Crippen LogP contribution in [0.2, 0.25) is 0 Å². The van der Waals surface area contributed by atoms with Crippen LogP contribution in [-0.4, -0.2) is 15.5 Å². The molecule has 3 heteroatoms. The first-order valence-corrected chi connectivity index (χ1v) is 17.1. The number of rotatable bonds is 4. The zero-order valence-corrected chi connectivity index (χ0v) is 26.6. The van der Waals surface area contributed by atoms with Crippen LogP contribution in [0.1, 0.15) is 39.2 Å². The molecule has 0 radical (unpaired) electrons. The lowest BCUT2D eigenvalue weighted by Gasteiger charge is -2.35. The summed E-state index contributed by atoms with van der Waals surface area (Å²) < 4.78 is 5.48. The van der Waals surface area contributed by atoms with E-state index in [0.717, 1.165) is 19.3 Å². The van der Waals surface area contributed by atoms with Gasteiger partial charge in [-0.05, 0) is 90.8 Å². The van der Waals surface area contributed by atoms with Crippen molar-refractivity contribution >= 4 is 54.9 Å².